The van der Waals surface area contributed by atoms with Gasteiger partial charge < -0.3 is 0 Å². The minimum Gasteiger partial charge on any atom is -0.296 e. The maximum absolute atomic E-state index is 9.67. The average Bonchev–Trinajstić information content (AvgIpc) is 3.31. The molecule has 0 heterocycles. The Kier molecular flexibility index (Phi) is 4.19. The van der Waals surface area contributed by atoms with Gasteiger partial charge in [-0.1, -0.05) is 23.2 Å². The summed E-state index contributed by atoms with van der Waals surface area (Å²) < 4.78 is 0. The molecule has 3 rings (SSSR count). The summed E-state index contributed by atoms with van der Waals surface area (Å²) in [5, 5.41) is 14.4. The van der Waals surface area contributed by atoms with Gasteiger partial charge in [-0.25, -0.2) is 0 Å². The SMILES string of the molecule is N#CC(CSc1ccc(Cl)c(Cl)c1)(NC1CC1)C1CC1. The number of nitriles is 1. The minimum absolute atomic E-state index is 0.377. The van der Waals surface area contributed by atoms with Crippen LogP contribution in [0.4, 0.5) is 0 Å². The van der Waals surface area contributed by atoms with Crippen molar-refractivity contribution < 1.29 is 0 Å². The summed E-state index contributed by atoms with van der Waals surface area (Å²) in [6.45, 7) is 0. The highest BCUT2D eigenvalue weighted by molar-refractivity contribution is 7.99. The Morgan fingerprint density at radius 3 is 2.55 bits per heavy atom. The molecule has 2 aliphatic rings. The van der Waals surface area contributed by atoms with Gasteiger partial charge in [0.15, 0.2) is 0 Å². The second kappa shape index (κ2) is 5.77. The molecular formula is C15H16Cl2N2S. The van der Waals surface area contributed by atoms with Crippen LogP contribution in [0, 0.1) is 17.2 Å². The molecule has 2 fully saturated rings. The van der Waals surface area contributed by atoms with Crippen LogP contribution in [-0.2, 0) is 0 Å². The standard InChI is InChI=1S/C15H16Cl2N2S/c16-13-6-5-12(7-14(13)17)20-9-15(8-18,10-1-2-10)19-11-3-4-11/h5-7,10-11,19H,1-4,9H2. The normalized spacial score (nSPS) is 21.2. The van der Waals surface area contributed by atoms with Crippen LogP contribution in [0.3, 0.4) is 0 Å². The Labute approximate surface area is 133 Å². The number of hydrogen-bond acceptors (Lipinski definition) is 3. The third-order valence-electron chi connectivity index (χ3n) is 3.87. The lowest BCUT2D eigenvalue weighted by atomic mass is 9.97. The quantitative estimate of drug-likeness (QED) is 0.781. The highest BCUT2D eigenvalue weighted by Gasteiger charge is 2.48. The van der Waals surface area contributed by atoms with Crippen molar-refractivity contribution in [3.05, 3.63) is 28.2 Å². The summed E-state index contributed by atoms with van der Waals surface area (Å²) in [6.07, 6.45) is 4.73. The van der Waals surface area contributed by atoms with Crippen molar-refractivity contribution in [2.45, 2.75) is 42.2 Å². The summed E-state index contributed by atoms with van der Waals surface area (Å²) >= 11 is 13.7. The predicted molar refractivity (Wildman–Crippen MR) is 84.4 cm³/mol. The van der Waals surface area contributed by atoms with Gasteiger partial charge in [0.25, 0.3) is 0 Å². The summed E-state index contributed by atoms with van der Waals surface area (Å²) in [4.78, 5) is 1.07. The minimum atomic E-state index is -0.377. The molecule has 0 aliphatic heterocycles. The van der Waals surface area contributed by atoms with E-state index >= 15 is 0 Å². The highest BCUT2D eigenvalue weighted by atomic mass is 35.5. The van der Waals surface area contributed by atoms with Crippen molar-refractivity contribution in [3.8, 4) is 6.07 Å². The maximum atomic E-state index is 9.67. The Balaban J connectivity index is 1.69. The number of halogens is 2. The Morgan fingerprint density at radius 2 is 2.00 bits per heavy atom. The largest absolute Gasteiger partial charge is 0.296 e. The summed E-state index contributed by atoms with van der Waals surface area (Å²) in [5.74, 6) is 1.27. The fourth-order valence-electron chi connectivity index (χ4n) is 2.37. The molecule has 0 bridgehead atoms. The van der Waals surface area contributed by atoms with Gasteiger partial charge >= 0.3 is 0 Å². The van der Waals surface area contributed by atoms with Crippen molar-refractivity contribution in [1.29, 1.82) is 5.26 Å². The van der Waals surface area contributed by atoms with E-state index in [0.29, 0.717) is 22.0 Å². The zero-order chi connectivity index (χ0) is 14.2. The molecular weight excluding hydrogens is 311 g/mol. The molecule has 0 aromatic heterocycles. The molecule has 1 aromatic carbocycles. The lowest BCUT2D eigenvalue weighted by Crippen LogP contribution is -2.49. The molecule has 1 atom stereocenters. The van der Waals surface area contributed by atoms with Crippen molar-refractivity contribution in [2.75, 3.05) is 5.75 Å². The number of hydrogen-bond donors (Lipinski definition) is 1. The molecule has 2 aliphatic carbocycles. The average molecular weight is 327 g/mol. The zero-order valence-corrected chi connectivity index (χ0v) is 13.4. The van der Waals surface area contributed by atoms with E-state index in [-0.39, 0.29) is 5.54 Å². The molecule has 106 valence electrons. The van der Waals surface area contributed by atoms with Gasteiger partial charge in [-0.15, -0.1) is 11.8 Å². The number of benzene rings is 1. The van der Waals surface area contributed by atoms with E-state index in [9.17, 15) is 5.26 Å². The van der Waals surface area contributed by atoms with E-state index < -0.39 is 0 Å². The van der Waals surface area contributed by atoms with Gasteiger partial charge in [0, 0.05) is 16.7 Å². The van der Waals surface area contributed by atoms with E-state index in [2.05, 4.69) is 11.4 Å². The van der Waals surface area contributed by atoms with Crippen LogP contribution in [0.5, 0.6) is 0 Å². The third kappa shape index (κ3) is 3.26. The fraction of sp³-hybridized carbons (Fsp3) is 0.533. The van der Waals surface area contributed by atoms with E-state index in [4.69, 9.17) is 23.2 Å². The zero-order valence-electron chi connectivity index (χ0n) is 11.0. The first-order chi connectivity index (χ1) is 9.63. The number of nitrogens with zero attached hydrogens (tertiary/aromatic N) is 1. The number of thioether (sulfide) groups is 1. The monoisotopic (exact) mass is 326 g/mol. The molecule has 0 spiro atoms. The molecule has 1 aromatic rings. The topological polar surface area (TPSA) is 35.8 Å². The fourth-order valence-corrected chi connectivity index (χ4v) is 3.87. The van der Waals surface area contributed by atoms with E-state index in [0.717, 1.165) is 23.5 Å². The van der Waals surface area contributed by atoms with E-state index in [1.165, 1.54) is 12.8 Å². The van der Waals surface area contributed by atoms with Gasteiger partial charge in [-0.05, 0) is 49.8 Å². The first kappa shape index (κ1) is 14.5. The lowest BCUT2D eigenvalue weighted by Gasteiger charge is -2.28. The second-order valence-electron chi connectivity index (χ2n) is 5.64. The Bertz CT molecular complexity index is 549. The maximum Gasteiger partial charge on any atom is 0.119 e. The van der Waals surface area contributed by atoms with Crippen molar-refractivity contribution in [1.82, 2.24) is 5.32 Å². The molecule has 1 unspecified atom stereocenters. The number of nitrogens with one attached hydrogen (secondary N) is 1. The predicted octanol–water partition coefficient (Wildman–Crippen LogP) is 4.51. The molecule has 5 heteroatoms. The summed E-state index contributed by atoms with van der Waals surface area (Å²) in [7, 11) is 0. The van der Waals surface area contributed by atoms with Crippen LogP contribution < -0.4 is 5.32 Å². The molecule has 0 amide bonds. The van der Waals surface area contributed by atoms with Crippen LogP contribution in [0.25, 0.3) is 0 Å². The van der Waals surface area contributed by atoms with Crippen LogP contribution in [0.2, 0.25) is 10.0 Å². The van der Waals surface area contributed by atoms with Gasteiger partial charge in [0.05, 0.1) is 16.1 Å². The van der Waals surface area contributed by atoms with Crippen LogP contribution >= 0.6 is 35.0 Å². The third-order valence-corrected chi connectivity index (χ3v) is 5.80. The Hall–Kier alpha value is -0.400. The molecule has 0 saturated heterocycles. The van der Waals surface area contributed by atoms with Gasteiger partial charge in [0.1, 0.15) is 5.54 Å². The first-order valence-electron chi connectivity index (χ1n) is 6.90. The van der Waals surface area contributed by atoms with E-state index in [1.807, 2.05) is 18.2 Å². The van der Waals surface area contributed by atoms with Gasteiger partial charge in [-0.2, -0.15) is 5.26 Å². The van der Waals surface area contributed by atoms with Crippen LogP contribution in [-0.4, -0.2) is 17.3 Å². The molecule has 20 heavy (non-hydrogen) atoms. The van der Waals surface area contributed by atoms with Crippen molar-refractivity contribution in [2.24, 2.45) is 5.92 Å². The summed E-state index contributed by atoms with van der Waals surface area (Å²) in [5.41, 5.74) is -0.377. The molecule has 0 radical (unpaired) electrons. The lowest BCUT2D eigenvalue weighted by molar-refractivity contribution is 0.401. The first-order valence-corrected chi connectivity index (χ1v) is 8.64. The van der Waals surface area contributed by atoms with Gasteiger partial charge in [-0.3, -0.25) is 5.32 Å². The van der Waals surface area contributed by atoms with Gasteiger partial charge in [0.2, 0.25) is 0 Å². The highest BCUT2D eigenvalue weighted by Crippen LogP contribution is 2.44. The molecule has 1 N–H and O–H groups in total. The van der Waals surface area contributed by atoms with Crippen LogP contribution in [0.15, 0.2) is 23.1 Å². The smallest absolute Gasteiger partial charge is 0.119 e. The van der Waals surface area contributed by atoms with Crippen molar-refractivity contribution >= 4 is 35.0 Å². The number of rotatable bonds is 6. The molecule has 2 saturated carbocycles. The summed E-state index contributed by atoms with van der Waals surface area (Å²) in [6, 6.07) is 8.75. The molecule has 2 nitrogen and oxygen atoms in total. The van der Waals surface area contributed by atoms with Crippen LogP contribution in [0.1, 0.15) is 25.7 Å². The van der Waals surface area contributed by atoms with E-state index in [1.54, 1.807) is 11.8 Å². The Morgan fingerprint density at radius 1 is 1.25 bits per heavy atom. The van der Waals surface area contributed by atoms with Crippen molar-refractivity contribution in [3.63, 3.8) is 0 Å². The second-order valence-corrected chi connectivity index (χ2v) is 7.50.